The number of nitrogens with zero attached hydrogens (tertiary/aromatic N) is 4. The average Bonchev–Trinajstić information content (AvgIpc) is 3.31. The molecule has 4 rings (SSSR count). The van der Waals surface area contributed by atoms with Crippen molar-refractivity contribution in [2.45, 2.75) is 65.0 Å². The molecule has 2 aliphatic heterocycles. The van der Waals surface area contributed by atoms with Crippen molar-refractivity contribution in [1.29, 1.82) is 0 Å². The number of pyridine rings is 1. The van der Waals surface area contributed by atoms with Crippen molar-refractivity contribution >= 4 is 35.0 Å². The van der Waals surface area contributed by atoms with Crippen LogP contribution in [0.5, 0.6) is 0 Å². The van der Waals surface area contributed by atoms with Gasteiger partial charge in [0.1, 0.15) is 0 Å². The number of likely N-dealkylation sites (tertiary alicyclic amines) is 1. The lowest BCUT2D eigenvalue weighted by Gasteiger charge is -2.39. The van der Waals surface area contributed by atoms with Crippen molar-refractivity contribution in [2.75, 3.05) is 32.7 Å². The molecule has 8 heteroatoms. The molecule has 2 saturated heterocycles. The minimum Gasteiger partial charge on any atom is -0.341 e. The van der Waals surface area contributed by atoms with Crippen LogP contribution in [0.25, 0.3) is 0 Å². The molecule has 3 heterocycles. The summed E-state index contributed by atoms with van der Waals surface area (Å²) in [6.45, 7) is 13.6. The molecule has 3 atom stereocenters. The second-order valence-electron chi connectivity index (χ2n) is 11.9. The molecular formula is C30H40Cl2N4O2. The van der Waals surface area contributed by atoms with Crippen LogP contribution in [-0.2, 0) is 9.59 Å². The summed E-state index contributed by atoms with van der Waals surface area (Å²) >= 11 is 12.2. The highest BCUT2D eigenvalue weighted by molar-refractivity contribution is 6.30. The Bertz CT molecular complexity index is 1110. The minimum atomic E-state index is -0.191. The second kappa shape index (κ2) is 11.9. The van der Waals surface area contributed by atoms with Crippen LogP contribution in [-0.4, -0.2) is 69.8 Å². The molecule has 1 aromatic heterocycles. The van der Waals surface area contributed by atoms with Crippen molar-refractivity contribution < 1.29 is 9.59 Å². The first kappa shape index (κ1) is 28.8. The first-order chi connectivity index (χ1) is 18.0. The molecule has 0 unspecified atom stereocenters. The van der Waals surface area contributed by atoms with Crippen LogP contribution in [0, 0.1) is 11.8 Å². The number of rotatable bonds is 4. The lowest BCUT2D eigenvalue weighted by atomic mass is 9.90. The smallest absolute Gasteiger partial charge is 0.227 e. The maximum Gasteiger partial charge on any atom is 0.227 e. The number of hydrogen-bond donors (Lipinski definition) is 0. The maximum absolute atomic E-state index is 14.1. The summed E-state index contributed by atoms with van der Waals surface area (Å²) in [6.07, 6.45) is 3.28. The zero-order chi connectivity index (χ0) is 27.6. The van der Waals surface area contributed by atoms with Gasteiger partial charge in [-0.15, -0.1) is 0 Å². The molecule has 6 nitrogen and oxygen atoms in total. The molecule has 206 valence electrons. The molecule has 2 amide bonds. The SMILES string of the molecule is CC(C)C(=O)N1CCN(C(=O)[C@@H]2CN(C(C)(C)C)C[C@H]2c2ccc(Cl)cn2)CCC[C@H]1c1ccc(Cl)cc1. The molecular weight excluding hydrogens is 519 g/mol. The summed E-state index contributed by atoms with van der Waals surface area (Å²) in [6, 6.07) is 11.6. The van der Waals surface area contributed by atoms with E-state index in [0.717, 1.165) is 30.6 Å². The summed E-state index contributed by atoms with van der Waals surface area (Å²) in [7, 11) is 0. The van der Waals surface area contributed by atoms with E-state index in [2.05, 4.69) is 30.7 Å². The third kappa shape index (κ3) is 6.52. The van der Waals surface area contributed by atoms with Gasteiger partial charge in [-0.1, -0.05) is 49.2 Å². The van der Waals surface area contributed by atoms with Gasteiger partial charge in [0, 0.05) is 67.0 Å². The molecule has 0 bridgehead atoms. The Morgan fingerprint density at radius 1 is 0.947 bits per heavy atom. The van der Waals surface area contributed by atoms with Gasteiger partial charge in [0.25, 0.3) is 0 Å². The zero-order valence-corrected chi connectivity index (χ0v) is 24.7. The maximum atomic E-state index is 14.1. The van der Waals surface area contributed by atoms with Crippen molar-refractivity contribution in [3.8, 4) is 0 Å². The molecule has 0 radical (unpaired) electrons. The summed E-state index contributed by atoms with van der Waals surface area (Å²) < 4.78 is 0. The lowest BCUT2D eigenvalue weighted by molar-refractivity contribution is -0.142. The first-order valence-electron chi connectivity index (χ1n) is 13.7. The van der Waals surface area contributed by atoms with Gasteiger partial charge in [-0.25, -0.2) is 0 Å². The fraction of sp³-hybridized carbons (Fsp3) is 0.567. The van der Waals surface area contributed by atoms with Gasteiger partial charge in [0.05, 0.1) is 17.0 Å². The fourth-order valence-corrected chi connectivity index (χ4v) is 5.96. The quantitative estimate of drug-likeness (QED) is 0.458. The van der Waals surface area contributed by atoms with Gasteiger partial charge in [0.15, 0.2) is 0 Å². The van der Waals surface area contributed by atoms with E-state index >= 15 is 0 Å². The van der Waals surface area contributed by atoms with E-state index in [1.807, 2.05) is 60.0 Å². The van der Waals surface area contributed by atoms with E-state index in [-0.39, 0.29) is 41.1 Å². The van der Waals surface area contributed by atoms with Crippen LogP contribution in [0.3, 0.4) is 0 Å². The summed E-state index contributed by atoms with van der Waals surface area (Å²) in [4.78, 5) is 38.4. The Kier molecular flexibility index (Phi) is 9.06. The highest BCUT2D eigenvalue weighted by Crippen LogP contribution is 2.37. The average molecular weight is 560 g/mol. The number of benzene rings is 1. The fourth-order valence-electron chi connectivity index (χ4n) is 5.72. The molecule has 2 aliphatic rings. The van der Waals surface area contributed by atoms with Gasteiger partial charge in [-0.2, -0.15) is 0 Å². The number of amides is 2. The van der Waals surface area contributed by atoms with Gasteiger partial charge >= 0.3 is 0 Å². The van der Waals surface area contributed by atoms with Crippen LogP contribution in [0.2, 0.25) is 10.0 Å². The number of aromatic nitrogens is 1. The standard InChI is InChI=1S/C30H40Cl2N4O2/c1-20(2)28(37)36-16-15-34(14-6-7-27(36)21-8-10-22(31)11-9-21)29(38)25-19-35(30(3,4)5)18-24(25)26-13-12-23(32)17-33-26/h8-13,17,20,24-25,27H,6-7,14-16,18-19H2,1-5H3/t24-,25-,27+/m1/s1. The number of halogens is 2. The van der Waals surface area contributed by atoms with E-state index in [0.29, 0.717) is 36.2 Å². The van der Waals surface area contributed by atoms with Crippen LogP contribution < -0.4 is 0 Å². The van der Waals surface area contributed by atoms with Crippen molar-refractivity contribution in [1.82, 2.24) is 19.7 Å². The topological polar surface area (TPSA) is 56.8 Å². The Morgan fingerprint density at radius 3 is 2.24 bits per heavy atom. The third-order valence-electron chi connectivity index (χ3n) is 7.95. The van der Waals surface area contributed by atoms with Gasteiger partial charge in [0.2, 0.25) is 11.8 Å². The van der Waals surface area contributed by atoms with Crippen LogP contribution in [0.4, 0.5) is 0 Å². The predicted octanol–water partition coefficient (Wildman–Crippen LogP) is 6.05. The minimum absolute atomic E-state index is 0.000327. The molecule has 0 N–H and O–H groups in total. The highest BCUT2D eigenvalue weighted by atomic mass is 35.5. The van der Waals surface area contributed by atoms with Crippen molar-refractivity contribution in [3.05, 3.63) is 63.9 Å². The molecule has 1 aromatic carbocycles. The Morgan fingerprint density at radius 2 is 1.63 bits per heavy atom. The van der Waals surface area contributed by atoms with E-state index in [1.54, 1.807) is 6.20 Å². The molecule has 0 aliphatic carbocycles. The van der Waals surface area contributed by atoms with E-state index < -0.39 is 0 Å². The molecule has 2 fully saturated rings. The van der Waals surface area contributed by atoms with Crippen LogP contribution in [0.1, 0.15) is 70.7 Å². The first-order valence-corrected chi connectivity index (χ1v) is 14.4. The summed E-state index contributed by atoms with van der Waals surface area (Å²) in [5.74, 6) is -0.0464. The Labute approximate surface area is 237 Å². The van der Waals surface area contributed by atoms with Gasteiger partial charge < -0.3 is 9.80 Å². The number of carbonyl (C=O) groups is 2. The predicted molar refractivity (Wildman–Crippen MR) is 153 cm³/mol. The lowest BCUT2D eigenvalue weighted by Crippen LogP contribution is -2.48. The van der Waals surface area contributed by atoms with Crippen molar-refractivity contribution in [3.63, 3.8) is 0 Å². The molecule has 38 heavy (non-hydrogen) atoms. The van der Waals surface area contributed by atoms with Crippen LogP contribution in [0.15, 0.2) is 42.6 Å². The molecule has 0 spiro atoms. The highest BCUT2D eigenvalue weighted by Gasteiger charge is 2.44. The summed E-state index contributed by atoms with van der Waals surface area (Å²) in [5, 5.41) is 1.28. The number of carbonyl (C=O) groups excluding carboxylic acids is 2. The Balaban J connectivity index is 1.56. The van der Waals surface area contributed by atoms with Crippen molar-refractivity contribution in [2.24, 2.45) is 11.8 Å². The molecule has 2 aromatic rings. The molecule has 0 saturated carbocycles. The zero-order valence-electron chi connectivity index (χ0n) is 23.2. The number of hydrogen-bond acceptors (Lipinski definition) is 4. The normalized spacial score (nSPS) is 23.4. The van der Waals surface area contributed by atoms with E-state index in [9.17, 15) is 9.59 Å². The third-order valence-corrected chi connectivity index (χ3v) is 8.43. The Hall–Kier alpha value is -2.15. The summed E-state index contributed by atoms with van der Waals surface area (Å²) in [5.41, 5.74) is 1.95. The largest absolute Gasteiger partial charge is 0.341 e. The van der Waals surface area contributed by atoms with E-state index in [4.69, 9.17) is 23.2 Å². The van der Waals surface area contributed by atoms with Crippen LogP contribution >= 0.6 is 23.2 Å². The van der Waals surface area contributed by atoms with Gasteiger partial charge in [-0.3, -0.25) is 19.5 Å². The van der Waals surface area contributed by atoms with E-state index in [1.165, 1.54) is 0 Å². The van der Waals surface area contributed by atoms with Gasteiger partial charge in [-0.05, 0) is 63.4 Å². The monoisotopic (exact) mass is 558 g/mol. The second-order valence-corrected chi connectivity index (χ2v) is 12.8.